The van der Waals surface area contributed by atoms with Crippen molar-refractivity contribution in [2.45, 2.75) is 24.7 Å². The minimum atomic E-state index is -4.91. The number of halogens is 6. The molecule has 1 aliphatic heterocycles. The van der Waals surface area contributed by atoms with Gasteiger partial charge in [0, 0.05) is 5.69 Å². The number of nitriles is 1. The van der Waals surface area contributed by atoms with E-state index >= 15 is 0 Å². The fraction of sp³-hybridized carbons (Fsp3) is 0.300. The van der Waals surface area contributed by atoms with Crippen molar-refractivity contribution in [2.24, 2.45) is 5.16 Å². The molecule has 0 amide bonds. The number of oxime groups is 1. The van der Waals surface area contributed by atoms with Crippen LogP contribution < -0.4 is 9.64 Å². The highest BCUT2D eigenvalue weighted by Crippen LogP contribution is 2.39. The Morgan fingerprint density at radius 3 is 2.41 bits per heavy atom. The van der Waals surface area contributed by atoms with Crippen LogP contribution in [0.15, 0.2) is 47.6 Å². The van der Waals surface area contributed by atoms with Crippen LogP contribution in [0, 0.1) is 11.3 Å². The van der Waals surface area contributed by atoms with Crippen molar-refractivity contribution in [3.05, 3.63) is 59.2 Å². The standard InChI is InChI=1S/C20H15F6N3O3/c21-19(22,23)17-7-14(4-3-13(17)8-27)29-10-16(32-18(29)20(24,25)26)11-31-15-5-1-12(2-6-15)9-28-30/h1-7,9,16,18,30H,10-11H2. The van der Waals surface area contributed by atoms with Crippen LogP contribution in [-0.2, 0) is 10.9 Å². The summed E-state index contributed by atoms with van der Waals surface area (Å²) in [6.45, 7) is -0.679. The van der Waals surface area contributed by atoms with Gasteiger partial charge in [-0.15, -0.1) is 0 Å². The lowest BCUT2D eigenvalue weighted by atomic mass is 10.1. The first kappa shape index (κ1) is 23.2. The highest BCUT2D eigenvalue weighted by Gasteiger charge is 2.51. The third-order valence-corrected chi connectivity index (χ3v) is 4.57. The van der Waals surface area contributed by atoms with Crippen LogP contribution in [0.4, 0.5) is 32.0 Å². The summed E-state index contributed by atoms with van der Waals surface area (Å²) in [6.07, 6.45) is -12.2. The zero-order valence-corrected chi connectivity index (χ0v) is 16.1. The molecule has 1 saturated heterocycles. The molecule has 0 spiro atoms. The monoisotopic (exact) mass is 459 g/mol. The van der Waals surface area contributed by atoms with Crippen molar-refractivity contribution in [3.63, 3.8) is 0 Å². The van der Waals surface area contributed by atoms with Gasteiger partial charge < -0.3 is 19.6 Å². The second-order valence-corrected chi connectivity index (χ2v) is 6.77. The Hall–Kier alpha value is -3.46. The molecule has 0 aliphatic carbocycles. The predicted molar refractivity (Wildman–Crippen MR) is 99.5 cm³/mol. The van der Waals surface area contributed by atoms with Gasteiger partial charge >= 0.3 is 12.4 Å². The molecule has 1 heterocycles. The maximum absolute atomic E-state index is 13.5. The summed E-state index contributed by atoms with van der Waals surface area (Å²) in [6, 6.07) is 9.83. The van der Waals surface area contributed by atoms with Crippen molar-refractivity contribution in [1.82, 2.24) is 0 Å². The molecule has 170 valence electrons. The molecule has 32 heavy (non-hydrogen) atoms. The molecule has 0 bridgehead atoms. The fourth-order valence-electron chi connectivity index (χ4n) is 3.15. The second-order valence-electron chi connectivity index (χ2n) is 6.77. The van der Waals surface area contributed by atoms with Crippen LogP contribution >= 0.6 is 0 Å². The van der Waals surface area contributed by atoms with E-state index in [0.29, 0.717) is 22.3 Å². The number of hydrogen-bond acceptors (Lipinski definition) is 6. The summed E-state index contributed by atoms with van der Waals surface area (Å²) in [7, 11) is 0. The molecule has 0 aromatic heterocycles. The number of alkyl halides is 6. The summed E-state index contributed by atoms with van der Waals surface area (Å²) in [5.74, 6) is 0.309. The van der Waals surface area contributed by atoms with Crippen LogP contribution in [0.5, 0.6) is 5.75 Å². The Morgan fingerprint density at radius 1 is 1.16 bits per heavy atom. The summed E-state index contributed by atoms with van der Waals surface area (Å²) < 4.78 is 90.7. The van der Waals surface area contributed by atoms with Crippen LogP contribution in [0.1, 0.15) is 16.7 Å². The molecule has 12 heteroatoms. The molecule has 3 rings (SSSR count). The zero-order chi connectivity index (χ0) is 23.5. The van der Waals surface area contributed by atoms with Gasteiger partial charge in [-0.2, -0.15) is 31.6 Å². The van der Waals surface area contributed by atoms with Crippen LogP contribution in [0.3, 0.4) is 0 Å². The van der Waals surface area contributed by atoms with E-state index in [4.69, 9.17) is 19.9 Å². The van der Waals surface area contributed by atoms with Gasteiger partial charge in [-0.25, -0.2) is 0 Å². The minimum absolute atomic E-state index is 0.293. The Bertz CT molecular complexity index is 1020. The van der Waals surface area contributed by atoms with E-state index in [-0.39, 0.29) is 18.8 Å². The SMILES string of the molecule is N#Cc1ccc(N2CC(COc3ccc(C=NO)cc3)OC2C(F)(F)F)cc1C(F)(F)F. The van der Waals surface area contributed by atoms with E-state index in [1.807, 2.05) is 0 Å². The highest BCUT2D eigenvalue weighted by atomic mass is 19.4. The molecule has 1 aliphatic rings. The van der Waals surface area contributed by atoms with Gasteiger partial charge in [0.25, 0.3) is 0 Å². The Kier molecular flexibility index (Phi) is 6.50. The van der Waals surface area contributed by atoms with Crippen molar-refractivity contribution >= 4 is 11.9 Å². The smallest absolute Gasteiger partial charge is 0.433 e. The van der Waals surface area contributed by atoms with Gasteiger partial charge in [0.2, 0.25) is 6.23 Å². The number of rotatable bonds is 5. The second kappa shape index (κ2) is 8.96. The summed E-state index contributed by atoms with van der Waals surface area (Å²) in [5, 5.41) is 20.2. The summed E-state index contributed by atoms with van der Waals surface area (Å²) in [4.78, 5) is 0.658. The van der Waals surface area contributed by atoms with Crippen LogP contribution in [-0.4, -0.2) is 43.1 Å². The summed E-state index contributed by atoms with van der Waals surface area (Å²) >= 11 is 0. The third kappa shape index (κ3) is 5.23. The van der Waals surface area contributed by atoms with E-state index in [9.17, 15) is 26.3 Å². The quantitative estimate of drug-likeness (QED) is 0.307. The molecule has 2 aromatic carbocycles. The normalized spacial score (nSPS) is 19.3. The number of nitrogens with zero attached hydrogens (tertiary/aromatic N) is 3. The van der Waals surface area contributed by atoms with Crippen molar-refractivity contribution in [2.75, 3.05) is 18.1 Å². The molecule has 0 radical (unpaired) electrons. The van der Waals surface area contributed by atoms with Gasteiger partial charge in [0.05, 0.1) is 30.0 Å². The third-order valence-electron chi connectivity index (χ3n) is 4.57. The predicted octanol–water partition coefficient (Wildman–Crippen LogP) is 4.56. The van der Waals surface area contributed by atoms with E-state index in [2.05, 4.69) is 5.16 Å². The lowest BCUT2D eigenvalue weighted by Crippen LogP contribution is -2.42. The summed E-state index contributed by atoms with van der Waals surface area (Å²) in [5.41, 5.74) is -1.85. The van der Waals surface area contributed by atoms with Crippen molar-refractivity contribution in [3.8, 4) is 11.8 Å². The minimum Gasteiger partial charge on any atom is -0.491 e. The molecular formula is C20H15F6N3O3. The maximum atomic E-state index is 13.5. The topological polar surface area (TPSA) is 78.1 Å². The van der Waals surface area contributed by atoms with Gasteiger partial charge in [-0.3, -0.25) is 0 Å². The number of benzene rings is 2. The first-order chi connectivity index (χ1) is 15.0. The lowest BCUT2D eigenvalue weighted by molar-refractivity contribution is -0.215. The molecule has 2 atom stereocenters. The molecule has 1 fully saturated rings. The first-order valence-corrected chi connectivity index (χ1v) is 9.03. The lowest BCUT2D eigenvalue weighted by Gasteiger charge is -2.27. The molecule has 6 nitrogen and oxygen atoms in total. The largest absolute Gasteiger partial charge is 0.491 e. The Morgan fingerprint density at radius 2 is 1.84 bits per heavy atom. The van der Waals surface area contributed by atoms with Gasteiger partial charge in [-0.05, 0) is 48.0 Å². The van der Waals surface area contributed by atoms with Crippen molar-refractivity contribution in [1.29, 1.82) is 5.26 Å². The Labute approximate surface area is 177 Å². The molecule has 2 aromatic rings. The molecular weight excluding hydrogens is 444 g/mol. The number of ether oxygens (including phenoxy) is 2. The fourth-order valence-corrected chi connectivity index (χ4v) is 3.15. The molecule has 0 saturated carbocycles. The first-order valence-electron chi connectivity index (χ1n) is 9.03. The maximum Gasteiger partial charge on any atom is 0.433 e. The average molecular weight is 459 g/mol. The molecule has 2 unspecified atom stereocenters. The van der Waals surface area contributed by atoms with Gasteiger partial charge in [0.1, 0.15) is 18.5 Å². The highest BCUT2D eigenvalue weighted by molar-refractivity contribution is 5.79. The van der Waals surface area contributed by atoms with Crippen molar-refractivity contribution < 1.29 is 41.0 Å². The van der Waals surface area contributed by atoms with Crippen LogP contribution in [0.25, 0.3) is 0 Å². The number of hydrogen-bond donors (Lipinski definition) is 1. The zero-order valence-electron chi connectivity index (χ0n) is 16.1. The van der Waals surface area contributed by atoms with E-state index in [0.717, 1.165) is 12.1 Å². The Balaban J connectivity index is 1.80. The average Bonchev–Trinajstić information content (AvgIpc) is 3.17. The van der Waals surface area contributed by atoms with E-state index < -0.39 is 35.8 Å². The molecule has 1 N–H and O–H groups in total. The van der Waals surface area contributed by atoms with Gasteiger partial charge in [0.15, 0.2) is 0 Å². The van der Waals surface area contributed by atoms with Gasteiger partial charge in [-0.1, -0.05) is 5.16 Å². The van der Waals surface area contributed by atoms with E-state index in [1.165, 1.54) is 24.4 Å². The number of anilines is 1. The van der Waals surface area contributed by atoms with Crippen LogP contribution in [0.2, 0.25) is 0 Å². The van der Waals surface area contributed by atoms with E-state index in [1.54, 1.807) is 12.1 Å².